The zero-order valence-corrected chi connectivity index (χ0v) is 11.2. The molecule has 0 saturated carbocycles. The molecule has 0 aromatic carbocycles. The Hall–Kier alpha value is -0.830. The molecule has 0 aliphatic rings. The summed E-state index contributed by atoms with van der Waals surface area (Å²) in [4.78, 5) is 0. The number of aromatic nitrogens is 2. The van der Waals surface area contributed by atoms with Crippen molar-refractivity contribution < 1.29 is 0 Å². The van der Waals surface area contributed by atoms with Gasteiger partial charge >= 0.3 is 0 Å². The summed E-state index contributed by atoms with van der Waals surface area (Å²) in [6.45, 7) is 8.88. The maximum Gasteiger partial charge on any atom is 0.0640 e. The lowest BCUT2D eigenvalue weighted by molar-refractivity contribution is 0.414. The van der Waals surface area contributed by atoms with Crippen LogP contribution in [0.2, 0.25) is 0 Å². The van der Waals surface area contributed by atoms with Crippen molar-refractivity contribution in [2.75, 3.05) is 7.05 Å². The van der Waals surface area contributed by atoms with Crippen LogP contribution in [0.3, 0.4) is 0 Å². The van der Waals surface area contributed by atoms with Gasteiger partial charge < -0.3 is 5.32 Å². The van der Waals surface area contributed by atoms with Crippen LogP contribution < -0.4 is 5.32 Å². The van der Waals surface area contributed by atoms with E-state index in [4.69, 9.17) is 0 Å². The first kappa shape index (κ1) is 13.2. The molecule has 0 amide bonds. The van der Waals surface area contributed by atoms with Gasteiger partial charge in [-0.1, -0.05) is 20.8 Å². The van der Waals surface area contributed by atoms with Crippen molar-refractivity contribution in [3.8, 4) is 0 Å². The van der Waals surface area contributed by atoms with Gasteiger partial charge in [-0.25, -0.2) is 0 Å². The van der Waals surface area contributed by atoms with Gasteiger partial charge in [0.25, 0.3) is 0 Å². The second-order valence-electron chi connectivity index (χ2n) is 4.89. The third-order valence-electron chi connectivity index (χ3n) is 3.31. The molecule has 0 aliphatic carbocycles. The number of hydrogen-bond donors (Lipinski definition) is 1. The molecule has 2 unspecified atom stereocenters. The molecule has 1 rings (SSSR count). The summed E-state index contributed by atoms with van der Waals surface area (Å²) >= 11 is 0. The van der Waals surface area contributed by atoms with Crippen LogP contribution in [0, 0.1) is 5.92 Å². The largest absolute Gasteiger partial charge is 0.316 e. The number of nitrogens with zero attached hydrogens (tertiary/aromatic N) is 2. The van der Waals surface area contributed by atoms with E-state index in [0.29, 0.717) is 18.0 Å². The van der Waals surface area contributed by atoms with Gasteiger partial charge in [0.05, 0.1) is 5.69 Å². The SMILES string of the molecule is CCC(C)n1ccc(CC(NC)C(C)C)n1. The van der Waals surface area contributed by atoms with E-state index in [1.165, 1.54) is 5.69 Å². The Morgan fingerprint density at radius 3 is 2.56 bits per heavy atom. The fraction of sp³-hybridized carbons (Fsp3) is 0.769. The van der Waals surface area contributed by atoms with Crippen LogP contribution in [-0.4, -0.2) is 22.9 Å². The Bertz CT molecular complexity index is 304. The van der Waals surface area contributed by atoms with Crippen molar-refractivity contribution in [2.24, 2.45) is 5.92 Å². The first-order chi connectivity index (χ1) is 7.58. The van der Waals surface area contributed by atoms with Gasteiger partial charge in [-0.05, 0) is 32.4 Å². The van der Waals surface area contributed by atoms with E-state index in [1.807, 2.05) is 7.05 Å². The second kappa shape index (κ2) is 6.04. The van der Waals surface area contributed by atoms with E-state index in [-0.39, 0.29) is 0 Å². The average Bonchev–Trinajstić information content (AvgIpc) is 2.72. The topological polar surface area (TPSA) is 29.9 Å². The summed E-state index contributed by atoms with van der Waals surface area (Å²) in [5, 5.41) is 7.98. The van der Waals surface area contributed by atoms with Crippen molar-refractivity contribution in [3.63, 3.8) is 0 Å². The lowest BCUT2D eigenvalue weighted by Crippen LogP contribution is -2.32. The molecule has 0 bridgehead atoms. The number of nitrogens with one attached hydrogen (secondary N) is 1. The Morgan fingerprint density at radius 2 is 2.06 bits per heavy atom. The summed E-state index contributed by atoms with van der Waals surface area (Å²) < 4.78 is 2.07. The molecule has 16 heavy (non-hydrogen) atoms. The van der Waals surface area contributed by atoms with Crippen LogP contribution >= 0.6 is 0 Å². The zero-order valence-electron chi connectivity index (χ0n) is 11.2. The third-order valence-corrected chi connectivity index (χ3v) is 3.31. The molecule has 0 spiro atoms. The van der Waals surface area contributed by atoms with Crippen LogP contribution in [0.4, 0.5) is 0 Å². The van der Waals surface area contributed by atoms with Crippen molar-refractivity contribution in [1.82, 2.24) is 15.1 Å². The maximum atomic E-state index is 4.63. The van der Waals surface area contributed by atoms with Crippen LogP contribution in [0.5, 0.6) is 0 Å². The normalized spacial score (nSPS) is 15.4. The van der Waals surface area contributed by atoms with Crippen LogP contribution in [0.25, 0.3) is 0 Å². The first-order valence-electron chi connectivity index (χ1n) is 6.29. The first-order valence-corrected chi connectivity index (χ1v) is 6.29. The van der Waals surface area contributed by atoms with Crippen molar-refractivity contribution in [2.45, 2.75) is 52.6 Å². The highest BCUT2D eigenvalue weighted by molar-refractivity contribution is 5.02. The van der Waals surface area contributed by atoms with Crippen molar-refractivity contribution in [1.29, 1.82) is 0 Å². The summed E-state index contributed by atoms with van der Waals surface area (Å²) in [6, 6.07) is 3.15. The smallest absolute Gasteiger partial charge is 0.0640 e. The fourth-order valence-corrected chi connectivity index (χ4v) is 1.82. The molecule has 0 fully saturated rings. The number of likely N-dealkylation sites (N-methyl/N-ethyl adjacent to an activating group) is 1. The van der Waals surface area contributed by atoms with Crippen molar-refractivity contribution in [3.05, 3.63) is 18.0 Å². The van der Waals surface area contributed by atoms with Gasteiger partial charge in [-0.3, -0.25) is 4.68 Å². The lowest BCUT2D eigenvalue weighted by Gasteiger charge is -2.18. The maximum absolute atomic E-state index is 4.63. The second-order valence-corrected chi connectivity index (χ2v) is 4.89. The van der Waals surface area contributed by atoms with E-state index in [2.05, 4.69) is 55.1 Å². The van der Waals surface area contributed by atoms with Gasteiger partial charge in [-0.15, -0.1) is 0 Å². The zero-order chi connectivity index (χ0) is 12.1. The van der Waals surface area contributed by atoms with Crippen LogP contribution in [-0.2, 0) is 6.42 Å². The summed E-state index contributed by atoms with van der Waals surface area (Å²) in [7, 11) is 2.02. The van der Waals surface area contributed by atoms with Gasteiger partial charge in [-0.2, -0.15) is 5.10 Å². The summed E-state index contributed by atoms with van der Waals surface area (Å²) in [6.07, 6.45) is 4.23. The molecule has 0 aliphatic heterocycles. The van der Waals surface area contributed by atoms with Crippen LogP contribution in [0.15, 0.2) is 12.3 Å². The highest BCUT2D eigenvalue weighted by atomic mass is 15.3. The molecule has 0 saturated heterocycles. The lowest BCUT2D eigenvalue weighted by atomic mass is 10.00. The molecule has 3 heteroatoms. The van der Waals surface area contributed by atoms with E-state index in [9.17, 15) is 0 Å². The standard InChI is InChI=1S/C13H25N3/c1-6-11(4)16-8-7-12(15-16)9-13(14-5)10(2)3/h7-8,10-11,13-14H,6,9H2,1-5H3. The Labute approximate surface area is 99.2 Å². The molecule has 3 nitrogen and oxygen atoms in total. The van der Waals surface area contributed by atoms with Gasteiger partial charge in [0, 0.05) is 24.7 Å². The van der Waals surface area contributed by atoms with Crippen LogP contribution in [0.1, 0.15) is 45.9 Å². The average molecular weight is 223 g/mol. The quantitative estimate of drug-likeness (QED) is 0.803. The molecule has 1 aromatic heterocycles. The minimum absolute atomic E-state index is 0.501. The Morgan fingerprint density at radius 1 is 1.38 bits per heavy atom. The molecule has 0 radical (unpaired) electrons. The Kier molecular flexibility index (Phi) is 5.00. The minimum Gasteiger partial charge on any atom is -0.316 e. The predicted molar refractivity (Wildman–Crippen MR) is 68.6 cm³/mol. The minimum atomic E-state index is 0.501. The summed E-state index contributed by atoms with van der Waals surface area (Å²) in [5.41, 5.74) is 1.19. The molecular weight excluding hydrogens is 198 g/mol. The van der Waals surface area contributed by atoms with E-state index < -0.39 is 0 Å². The molecule has 1 heterocycles. The monoisotopic (exact) mass is 223 g/mol. The number of rotatable bonds is 6. The molecule has 1 N–H and O–H groups in total. The molecular formula is C13H25N3. The highest BCUT2D eigenvalue weighted by Gasteiger charge is 2.13. The Balaban J connectivity index is 2.64. The van der Waals surface area contributed by atoms with E-state index in [1.54, 1.807) is 0 Å². The van der Waals surface area contributed by atoms with Gasteiger partial charge in [0.1, 0.15) is 0 Å². The molecule has 92 valence electrons. The third kappa shape index (κ3) is 3.34. The van der Waals surface area contributed by atoms with E-state index in [0.717, 1.165) is 12.8 Å². The molecule has 1 aromatic rings. The van der Waals surface area contributed by atoms with Gasteiger partial charge in [0.15, 0.2) is 0 Å². The predicted octanol–water partition coefficient (Wildman–Crippen LogP) is 2.64. The highest BCUT2D eigenvalue weighted by Crippen LogP contribution is 2.12. The van der Waals surface area contributed by atoms with E-state index >= 15 is 0 Å². The number of hydrogen-bond acceptors (Lipinski definition) is 2. The molecule has 2 atom stereocenters. The fourth-order valence-electron chi connectivity index (χ4n) is 1.82. The van der Waals surface area contributed by atoms with Gasteiger partial charge in [0.2, 0.25) is 0 Å². The van der Waals surface area contributed by atoms with Crippen molar-refractivity contribution >= 4 is 0 Å². The summed E-state index contributed by atoms with van der Waals surface area (Å²) in [5.74, 6) is 0.638.